The highest BCUT2D eigenvalue weighted by molar-refractivity contribution is 7.15. The third kappa shape index (κ3) is 3.68. The zero-order valence-electron chi connectivity index (χ0n) is 16.4. The van der Waals surface area contributed by atoms with Crippen LogP contribution in [0.4, 0.5) is 9.52 Å². The number of nitrogens with zero attached hydrogens (tertiary/aromatic N) is 3. The first-order chi connectivity index (χ1) is 14.7. The number of thiazole rings is 1. The Bertz CT molecular complexity index is 1140. The van der Waals surface area contributed by atoms with Gasteiger partial charge in [0.25, 0.3) is 0 Å². The first kappa shape index (κ1) is 20.1. The van der Waals surface area contributed by atoms with Crippen LogP contribution in [0, 0.1) is 29.0 Å². The van der Waals surface area contributed by atoms with Crippen molar-refractivity contribution in [3.63, 3.8) is 0 Å². The van der Waals surface area contributed by atoms with Crippen LogP contribution in [0.5, 0.6) is 0 Å². The van der Waals surface area contributed by atoms with Gasteiger partial charge in [0.05, 0.1) is 24.3 Å². The van der Waals surface area contributed by atoms with Crippen molar-refractivity contribution in [2.24, 2.45) is 0 Å². The van der Waals surface area contributed by atoms with Gasteiger partial charge in [-0.15, -0.1) is 11.3 Å². The molecule has 1 aromatic heterocycles. The van der Waals surface area contributed by atoms with E-state index in [9.17, 15) is 14.8 Å². The summed E-state index contributed by atoms with van der Waals surface area (Å²) in [5, 5.41) is 20.5. The minimum Gasteiger partial charge on any atom is -0.394 e. The Labute approximate surface area is 179 Å². The Kier molecular flexibility index (Phi) is 5.81. The third-order valence-corrected chi connectivity index (χ3v) is 6.51. The van der Waals surface area contributed by atoms with E-state index in [-0.39, 0.29) is 30.4 Å². The molecule has 150 valence electrons. The minimum absolute atomic E-state index is 0.0568. The fourth-order valence-electron chi connectivity index (χ4n) is 3.74. The number of hydrogen-bond donors (Lipinski definition) is 1. The Morgan fingerprint density at radius 1 is 1.17 bits per heavy atom. The lowest BCUT2D eigenvalue weighted by molar-refractivity contribution is 0.187. The second-order valence-corrected chi connectivity index (χ2v) is 8.17. The molecule has 0 unspecified atom stereocenters. The molecule has 2 aromatic carbocycles. The van der Waals surface area contributed by atoms with Gasteiger partial charge < -0.3 is 10.0 Å². The molecule has 1 saturated heterocycles. The topological polar surface area (TPSA) is 60.2 Å². The molecule has 2 heterocycles. The molecular formula is C24H20FN3OS. The first-order valence-corrected chi connectivity index (χ1v) is 10.6. The molecule has 0 spiro atoms. The van der Waals surface area contributed by atoms with Crippen LogP contribution in [0.1, 0.15) is 34.4 Å². The van der Waals surface area contributed by atoms with Crippen LogP contribution in [0.2, 0.25) is 0 Å². The molecular weight excluding hydrogens is 397 g/mol. The molecule has 3 aromatic rings. The summed E-state index contributed by atoms with van der Waals surface area (Å²) in [5.41, 5.74) is 2.09. The Morgan fingerprint density at radius 2 is 1.93 bits per heavy atom. The lowest BCUT2D eigenvalue weighted by Gasteiger charge is -2.51. The maximum atomic E-state index is 13.7. The summed E-state index contributed by atoms with van der Waals surface area (Å²) >= 11 is 1.56. The average Bonchev–Trinajstić information content (AvgIpc) is 3.22. The summed E-state index contributed by atoms with van der Waals surface area (Å²) in [5.74, 6) is 5.38. The van der Waals surface area contributed by atoms with E-state index < -0.39 is 0 Å². The second kappa shape index (κ2) is 8.67. The molecule has 6 heteroatoms. The fourth-order valence-corrected chi connectivity index (χ4v) is 4.69. The van der Waals surface area contributed by atoms with Crippen LogP contribution in [-0.2, 0) is 6.42 Å². The number of nitriles is 1. The van der Waals surface area contributed by atoms with Gasteiger partial charge in [0, 0.05) is 22.6 Å². The smallest absolute Gasteiger partial charge is 0.186 e. The Hall–Kier alpha value is -3.19. The van der Waals surface area contributed by atoms with Gasteiger partial charge in [0.15, 0.2) is 5.13 Å². The number of aromatic nitrogens is 1. The number of anilines is 1. The number of halogens is 1. The quantitative estimate of drug-likeness (QED) is 0.650. The van der Waals surface area contributed by atoms with Gasteiger partial charge in [0.1, 0.15) is 11.9 Å². The predicted molar refractivity (Wildman–Crippen MR) is 116 cm³/mol. The summed E-state index contributed by atoms with van der Waals surface area (Å²) in [7, 11) is 0. The molecule has 0 aliphatic carbocycles. The first-order valence-electron chi connectivity index (χ1n) is 9.76. The summed E-state index contributed by atoms with van der Waals surface area (Å²) in [4.78, 5) is 7.51. The van der Waals surface area contributed by atoms with Gasteiger partial charge in [-0.05, 0) is 36.2 Å². The van der Waals surface area contributed by atoms with E-state index in [1.807, 2.05) is 35.4 Å². The lowest BCUT2D eigenvalue weighted by Crippen LogP contribution is -2.63. The van der Waals surface area contributed by atoms with E-state index in [4.69, 9.17) is 0 Å². The highest BCUT2D eigenvalue weighted by Gasteiger charge is 2.50. The zero-order valence-corrected chi connectivity index (χ0v) is 17.2. The lowest BCUT2D eigenvalue weighted by atomic mass is 9.76. The van der Waals surface area contributed by atoms with Crippen molar-refractivity contribution < 1.29 is 9.50 Å². The number of hydrogen-bond acceptors (Lipinski definition) is 5. The number of aliphatic hydroxyl groups is 1. The van der Waals surface area contributed by atoms with E-state index in [1.54, 1.807) is 29.5 Å². The molecule has 30 heavy (non-hydrogen) atoms. The van der Waals surface area contributed by atoms with E-state index in [0.717, 1.165) is 27.6 Å². The monoisotopic (exact) mass is 417 g/mol. The van der Waals surface area contributed by atoms with Crippen molar-refractivity contribution in [2.75, 3.05) is 11.5 Å². The van der Waals surface area contributed by atoms with Crippen LogP contribution < -0.4 is 4.90 Å². The molecule has 1 fully saturated rings. The van der Waals surface area contributed by atoms with Gasteiger partial charge in [-0.2, -0.15) is 5.26 Å². The van der Waals surface area contributed by atoms with Crippen LogP contribution in [-0.4, -0.2) is 28.8 Å². The molecule has 0 radical (unpaired) electrons. The van der Waals surface area contributed by atoms with E-state index in [2.05, 4.69) is 29.8 Å². The summed E-state index contributed by atoms with van der Waals surface area (Å²) < 4.78 is 13.7. The summed E-state index contributed by atoms with van der Waals surface area (Å²) in [6, 6.07) is 15.8. The van der Waals surface area contributed by atoms with Gasteiger partial charge >= 0.3 is 0 Å². The molecule has 1 aliphatic rings. The van der Waals surface area contributed by atoms with Gasteiger partial charge in [-0.3, -0.25) is 0 Å². The highest BCUT2D eigenvalue weighted by Crippen LogP contribution is 2.44. The third-order valence-electron chi connectivity index (χ3n) is 5.35. The van der Waals surface area contributed by atoms with Crippen molar-refractivity contribution in [1.82, 2.24) is 4.98 Å². The maximum Gasteiger partial charge on any atom is 0.186 e. The number of benzene rings is 2. The van der Waals surface area contributed by atoms with Crippen LogP contribution in [0.15, 0.2) is 54.7 Å². The number of aryl methyl sites for hydroxylation is 1. The Morgan fingerprint density at radius 3 is 2.57 bits per heavy atom. The van der Waals surface area contributed by atoms with Gasteiger partial charge in [-0.1, -0.05) is 43.0 Å². The second-order valence-electron chi connectivity index (χ2n) is 7.07. The van der Waals surface area contributed by atoms with Crippen molar-refractivity contribution in [1.29, 1.82) is 5.26 Å². The average molecular weight is 418 g/mol. The summed E-state index contributed by atoms with van der Waals surface area (Å²) in [6.07, 6.45) is 2.73. The number of rotatable bonds is 4. The fraction of sp³-hybridized carbons (Fsp3) is 0.250. The van der Waals surface area contributed by atoms with Crippen molar-refractivity contribution >= 4 is 16.5 Å². The highest BCUT2D eigenvalue weighted by atomic mass is 32.1. The molecule has 4 rings (SSSR count). The SMILES string of the molecule is CCc1cnc(N2[C@H](C#N)[C@H](c3ccc(C#Cc4ccccc4F)cc3)[C@@H]2CO)s1. The standard InChI is InChI=1S/C24H20FN3OS/c1-2-19-14-27-24(30-19)28-21(13-26)23(22(28)15-29)18-11-8-16(9-12-18)7-10-17-5-3-4-6-20(17)25/h3-6,8-9,11-12,14,21-23,29H,2,15H2,1H3/t21-,22+,23+/m1/s1. The van der Waals surface area contributed by atoms with Crippen LogP contribution >= 0.6 is 11.3 Å². The predicted octanol–water partition coefficient (Wildman–Crippen LogP) is 4.10. The normalized spacial score (nSPS) is 20.1. The molecule has 0 saturated carbocycles. The minimum atomic E-state index is -0.381. The summed E-state index contributed by atoms with van der Waals surface area (Å²) in [6.45, 7) is 2.01. The zero-order chi connectivity index (χ0) is 21.1. The van der Waals surface area contributed by atoms with Crippen molar-refractivity contribution in [3.8, 4) is 17.9 Å². The number of aliphatic hydroxyl groups excluding tert-OH is 1. The van der Waals surface area contributed by atoms with Gasteiger partial charge in [-0.25, -0.2) is 9.37 Å². The largest absolute Gasteiger partial charge is 0.394 e. The molecule has 0 amide bonds. The maximum absolute atomic E-state index is 13.7. The molecule has 4 nitrogen and oxygen atoms in total. The van der Waals surface area contributed by atoms with Crippen molar-refractivity contribution in [3.05, 3.63) is 82.1 Å². The van der Waals surface area contributed by atoms with E-state index in [1.165, 1.54) is 6.07 Å². The molecule has 0 bridgehead atoms. The molecule has 1 aliphatic heterocycles. The molecule has 3 atom stereocenters. The van der Waals surface area contributed by atoms with E-state index in [0.29, 0.717) is 5.56 Å². The van der Waals surface area contributed by atoms with Crippen LogP contribution in [0.25, 0.3) is 0 Å². The van der Waals surface area contributed by atoms with Gasteiger partial charge in [0.2, 0.25) is 0 Å². The van der Waals surface area contributed by atoms with Crippen molar-refractivity contribution in [2.45, 2.75) is 31.3 Å². The molecule has 1 N–H and O–H groups in total. The van der Waals surface area contributed by atoms with E-state index >= 15 is 0 Å². The van der Waals surface area contributed by atoms with Crippen LogP contribution in [0.3, 0.4) is 0 Å². The Balaban J connectivity index is 1.55.